The van der Waals surface area contributed by atoms with Crippen LogP contribution in [0.15, 0.2) is 71.9 Å². The zero-order valence-corrected chi connectivity index (χ0v) is 19.8. The van der Waals surface area contributed by atoms with Crippen LogP contribution in [0.5, 0.6) is 0 Å². The molecule has 3 aromatic rings. The van der Waals surface area contributed by atoms with Crippen LogP contribution in [0.25, 0.3) is 0 Å². The fraction of sp³-hybridized carbons (Fsp3) is 0.143. The van der Waals surface area contributed by atoms with Crippen LogP contribution < -0.4 is 9.21 Å². The first-order valence-electron chi connectivity index (χ1n) is 9.09. The number of carbonyl (C=O) groups is 1. The van der Waals surface area contributed by atoms with E-state index in [0.717, 1.165) is 9.87 Å². The highest BCUT2D eigenvalue weighted by Crippen LogP contribution is 2.24. The number of hydrogen-bond donors (Lipinski definition) is 0. The van der Waals surface area contributed by atoms with Crippen LogP contribution in [0.3, 0.4) is 0 Å². The summed E-state index contributed by atoms with van der Waals surface area (Å²) in [4.78, 5) is 18.3. The summed E-state index contributed by atoms with van der Waals surface area (Å²) < 4.78 is 43.6. The van der Waals surface area contributed by atoms with Crippen molar-refractivity contribution in [3.8, 4) is 0 Å². The first kappa shape index (κ1) is 25.2. The molecule has 3 rings (SSSR count). The predicted octanol–water partition coefficient (Wildman–Crippen LogP) is 3.47. The number of pyridine rings is 1. The number of aryl methyl sites for hydroxylation is 1. The molecule has 0 saturated carbocycles. The molecule has 0 aliphatic rings. The van der Waals surface area contributed by atoms with Crippen molar-refractivity contribution in [2.45, 2.75) is 11.9 Å². The maximum absolute atomic E-state index is 13.0. The minimum Gasteiger partial charge on any atom is -0.311 e. The summed E-state index contributed by atoms with van der Waals surface area (Å²) in [6.45, 7) is 1.96. The van der Waals surface area contributed by atoms with Crippen LogP contribution in [-0.2, 0) is 21.6 Å². The van der Waals surface area contributed by atoms with Crippen molar-refractivity contribution >= 4 is 50.5 Å². The molecule has 0 bridgehead atoms. The molecule has 0 unspecified atom stereocenters. The van der Waals surface area contributed by atoms with Crippen LogP contribution in [0.4, 0.5) is 11.4 Å². The summed E-state index contributed by atoms with van der Waals surface area (Å²) in [5, 5.41) is 0.294. The molecule has 0 N–H and O–H groups in total. The Kier molecular flexibility index (Phi) is 8.64. The monoisotopic (exact) mass is 493 g/mol. The summed E-state index contributed by atoms with van der Waals surface area (Å²) in [5.41, 5.74) is 2.45. The highest BCUT2D eigenvalue weighted by molar-refractivity contribution is 7.92. The molecule has 8 nitrogen and oxygen atoms in total. The molecule has 0 atom stereocenters. The van der Waals surface area contributed by atoms with E-state index < -0.39 is 21.6 Å². The van der Waals surface area contributed by atoms with Gasteiger partial charge in [-0.1, -0.05) is 29.3 Å². The van der Waals surface area contributed by atoms with Crippen molar-refractivity contribution in [2.24, 2.45) is 0 Å². The Labute approximate surface area is 195 Å². The number of hydrogen-bond acceptors (Lipinski definition) is 6. The first-order chi connectivity index (χ1) is 15.1. The van der Waals surface area contributed by atoms with E-state index >= 15 is 0 Å². The maximum atomic E-state index is 13.0. The van der Waals surface area contributed by atoms with Crippen molar-refractivity contribution in [3.63, 3.8) is 0 Å². The van der Waals surface area contributed by atoms with Gasteiger partial charge in [-0.3, -0.25) is 9.10 Å². The highest BCUT2D eigenvalue weighted by atomic mass is 35.5. The van der Waals surface area contributed by atoms with Crippen molar-refractivity contribution < 1.29 is 21.6 Å². The van der Waals surface area contributed by atoms with E-state index in [1.807, 2.05) is 31.2 Å². The zero-order valence-electron chi connectivity index (χ0n) is 17.4. The van der Waals surface area contributed by atoms with Gasteiger partial charge < -0.3 is 4.90 Å². The van der Waals surface area contributed by atoms with Crippen molar-refractivity contribution in [1.82, 2.24) is 4.98 Å². The average Bonchev–Trinajstić information content (AvgIpc) is 2.79. The van der Waals surface area contributed by atoms with Gasteiger partial charge in [0.05, 0.1) is 5.69 Å². The molecule has 0 spiro atoms. The quantitative estimate of drug-likeness (QED) is 0.539. The summed E-state index contributed by atoms with van der Waals surface area (Å²) in [6.07, 6.45) is 1.32. The molecule has 1 aromatic heterocycles. The molecule has 0 aliphatic carbocycles. The molecule has 0 saturated heterocycles. The Hall–Kier alpha value is -3.08. The smallest absolute Gasteiger partial charge is 0.311 e. The number of sulfonamides is 1. The first-order valence-corrected chi connectivity index (χ1v) is 11.6. The third-order valence-corrected chi connectivity index (χ3v) is 6.46. The minimum absolute atomic E-state index is 0.210. The molecule has 11 heteroatoms. The van der Waals surface area contributed by atoms with Crippen molar-refractivity contribution in [3.05, 3.63) is 83.0 Å². The molecular formula is C21H20ClN3O5S2. The van der Waals surface area contributed by atoms with Gasteiger partial charge in [-0.15, -0.1) is 0 Å². The fourth-order valence-corrected chi connectivity index (χ4v) is 3.97. The van der Waals surface area contributed by atoms with Gasteiger partial charge in [0.25, 0.3) is 15.9 Å². The van der Waals surface area contributed by atoms with Gasteiger partial charge in [0.15, 0.2) is 5.03 Å². The van der Waals surface area contributed by atoms with Crippen LogP contribution in [0.1, 0.15) is 15.9 Å². The van der Waals surface area contributed by atoms with Gasteiger partial charge >= 0.3 is 11.6 Å². The van der Waals surface area contributed by atoms with E-state index in [9.17, 15) is 13.2 Å². The Morgan fingerprint density at radius 1 is 0.938 bits per heavy atom. The second kappa shape index (κ2) is 11.0. The molecule has 168 valence electrons. The second-order valence-electron chi connectivity index (χ2n) is 6.60. The lowest BCUT2D eigenvalue weighted by molar-refractivity contribution is 0.0992. The van der Waals surface area contributed by atoms with Crippen molar-refractivity contribution in [2.75, 3.05) is 23.3 Å². The molecule has 0 fully saturated rings. The van der Waals surface area contributed by atoms with Gasteiger partial charge in [-0.05, 0) is 55.5 Å². The van der Waals surface area contributed by atoms with Gasteiger partial charge in [0.2, 0.25) is 0 Å². The third-order valence-electron chi connectivity index (χ3n) is 4.52. The summed E-state index contributed by atoms with van der Waals surface area (Å²) in [5.74, 6) is -0.332. The number of aromatic nitrogens is 1. The largest absolute Gasteiger partial charge is 0.335 e. The number of halogens is 1. The summed E-state index contributed by atoms with van der Waals surface area (Å²) in [7, 11) is -0.884. The third kappa shape index (κ3) is 6.00. The Morgan fingerprint density at radius 3 is 2.03 bits per heavy atom. The molecule has 1 amide bonds. The number of carbonyl (C=O) groups excluding carboxylic acids is 1. The summed E-state index contributed by atoms with van der Waals surface area (Å²) >= 11 is 5.12. The lowest BCUT2D eigenvalue weighted by Crippen LogP contribution is -2.29. The standard InChI is InChI=1S/C21H20ClN3O3S.O2S/c1-15-4-8-18(9-5-15)24(2)21(26)16-12-13-23-20(14-16)29(27,28)25(3)19-10-6-17(22)7-11-19;1-3-2/h4-14H,1-3H3;. The van der Waals surface area contributed by atoms with E-state index in [4.69, 9.17) is 20.0 Å². The van der Waals surface area contributed by atoms with Gasteiger partial charge in [-0.2, -0.15) is 16.8 Å². The molecule has 2 aromatic carbocycles. The van der Waals surface area contributed by atoms with E-state index in [2.05, 4.69) is 4.98 Å². The van der Waals surface area contributed by atoms with E-state index in [1.54, 1.807) is 31.3 Å². The number of amides is 1. The predicted molar refractivity (Wildman–Crippen MR) is 124 cm³/mol. The lowest BCUT2D eigenvalue weighted by atomic mass is 10.2. The Morgan fingerprint density at radius 2 is 1.47 bits per heavy atom. The minimum atomic E-state index is -3.95. The zero-order chi connectivity index (χ0) is 23.9. The van der Waals surface area contributed by atoms with E-state index in [1.165, 1.54) is 30.3 Å². The lowest BCUT2D eigenvalue weighted by Gasteiger charge is -2.20. The molecule has 0 radical (unpaired) electrons. The van der Waals surface area contributed by atoms with Crippen LogP contribution in [0.2, 0.25) is 5.02 Å². The molecule has 1 heterocycles. The van der Waals surface area contributed by atoms with E-state index in [-0.39, 0.29) is 16.5 Å². The average molecular weight is 494 g/mol. The number of anilines is 2. The molecular weight excluding hydrogens is 474 g/mol. The number of nitrogens with zero attached hydrogens (tertiary/aromatic N) is 3. The molecule has 0 aliphatic heterocycles. The highest BCUT2D eigenvalue weighted by Gasteiger charge is 2.25. The summed E-state index contributed by atoms with van der Waals surface area (Å²) in [6, 6.07) is 16.7. The fourth-order valence-electron chi connectivity index (χ4n) is 2.69. The van der Waals surface area contributed by atoms with Crippen LogP contribution in [-0.4, -0.2) is 41.8 Å². The van der Waals surface area contributed by atoms with Gasteiger partial charge in [0, 0.05) is 36.6 Å². The van der Waals surface area contributed by atoms with Crippen LogP contribution >= 0.6 is 11.6 Å². The van der Waals surface area contributed by atoms with Crippen molar-refractivity contribution in [1.29, 1.82) is 0 Å². The SMILES string of the molecule is Cc1ccc(N(C)C(=O)c2ccnc(S(=O)(=O)N(C)c3ccc(Cl)cc3)c2)cc1.O=S=O. The van der Waals surface area contributed by atoms with Gasteiger partial charge in [0.1, 0.15) is 0 Å². The van der Waals surface area contributed by atoms with Crippen LogP contribution in [0, 0.1) is 6.92 Å². The topological polar surface area (TPSA) is 105 Å². The Balaban J connectivity index is 0.00000114. The second-order valence-corrected chi connectivity index (χ2v) is 9.09. The number of benzene rings is 2. The normalized spacial score (nSPS) is 10.5. The molecule has 32 heavy (non-hydrogen) atoms. The van der Waals surface area contributed by atoms with E-state index in [0.29, 0.717) is 16.4 Å². The maximum Gasteiger partial charge on any atom is 0.335 e. The Bertz CT molecular complexity index is 1230. The number of rotatable bonds is 5. The van der Waals surface area contributed by atoms with Gasteiger partial charge in [-0.25, -0.2) is 4.98 Å².